The van der Waals surface area contributed by atoms with E-state index in [-0.39, 0.29) is 0 Å². The summed E-state index contributed by atoms with van der Waals surface area (Å²) in [4.78, 5) is 14.7. The summed E-state index contributed by atoms with van der Waals surface area (Å²) in [5.41, 5.74) is 2.70. The van der Waals surface area contributed by atoms with E-state index in [1.54, 1.807) is 10.9 Å². The minimum Gasteiger partial charge on any atom is -0.301 e. The zero-order valence-electron chi connectivity index (χ0n) is 9.13. The molecule has 0 N–H and O–H groups in total. The third-order valence-corrected chi connectivity index (χ3v) is 2.40. The Hall–Kier alpha value is -1.97. The maximum atomic E-state index is 10.5. The van der Waals surface area contributed by atoms with E-state index in [4.69, 9.17) is 0 Å². The minimum absolute atomic E-state index is 0.302. The van der Waals surface area contributed by atoms with E-state index in [0.29, 0.717) is 6.54 Å². The van der Waals surface area contributed by atoms with Crippen LogP contribution >= 0.6 is 0 Å². The maximum Gasteiger partial charge on any atom is 0.141 e. The Morgan fingerprint density at radius 2 is 2.25 bits per heavy atom. The van der Waals surface area contributed by atoms with Gasteiger partial charge in [-0.3, -0.25) is 9.67 Å². The Morgan fingerprint density at radius 1 is 1.38 bits per heavy atom. The molecule has 0 radical (unpaired) electrons. The summed E-state index contributed by atoms with van der Waals surface area (Å²) in [6.07, 6.45) is 3.45. The average molecular weight is 215 g/mol. The van der Waals surface area contributed by atoms with Gasteiger partial charge in [0.1, 0.15) is 12.0 Å². The molecule has 0 spiro atoms. The van der Waals surface area contributed by atoms with E-state index in [1.165, 1.54) is 0 Å². The summed E-state index contributed by atoms with van der Waals surface area (Å²) in [5.74, 6) is 0. The van der Waals surface area contributed by atoms with Crippen LogP contribution in [0.4, 0.5) is 0 Å². The monoisotopic (exact) mass is 215 g/mol. The zero-order chi connectivity index (χ0) is 11.4. The Kier molecular flexibility index (Phi) is 3.10. The van der Waals surface area contributed by atoms with Crippen molar-refractivity contribution < 1.29 is 4.79 Å². The number of rotatable bonds is 4. The summed E-state index contributed by atoms with van der Waals surface area (Å²) in [5, 5.41) is 4.36. The van der Waals surface area contributed by atoms with Crippen LogP contribution in [0.25, 0.3) is 11.4 Å². The fourth-order valence-electron chi connectivity index (χ4n) is 1.61. The van der Waals surface area contributed by atoms with Crippen molar-refractivity contribution >= 4 is 6.29 Å². The van der Waals surface area contributed by atoms with Gasteiger partial charge in [-0.15, -0.1) is 0 Å². The third-order valence-electron chi connectivity index (χ3n) is 2.40. The molecular weight excluding hydrogens is 202 g/mol. The predicted octanol–water partition coefficient (Wildman–Crippen LogP) is 1.71. The molecular formula is C12H13N3O. The molecule has 2 heterocycles. The fourth-order valence-corrected chi connectivity index (χ4v) is 1.61. The SMILES string of the molecule is CCc1cc(-c2ccccn2)nn1CC=O. The van der Waals surface area contributed by atoms with Crippen LogP contribution in [0.1, 0.15) is 12.6 Å². The van der Waals surface area contributed by atoms with Crippen molar-refractivity contribution in [1.29, 1.82) is 0 Å². The number of nitrogens with zero attached hydrogens (tertiary/aromatic N) is 3. The molecule has 0 aliphatic rings. The Balaban J connectivity index is 2.39. The fraction of sp³-hybridized carbons (Fsp3) is 0.250. The van der Waals surface area contributed by atoms with Crippen molar-refractivity contribution in [3.05, 3.63) is 36.2 Å². The van der Waals surface area contributed by atoms with Crippen molar-refractivity contribution in [1.82, 2.24) is 14.8 Å². The number of carbonyl (C=O) groups excluding carboxylic acids is 1. The van der Waals surface area contributed by atoms with Crippen molar-refractivity contribution in [2.75, 3.05) is 0 Å². The summed E-state index contributed by atoms with van der Waals surface area (Å²) < 4.78 is 1.72. The lowest BCUT2D eigenvalue weighted by Crippen LogP contribution is -2.04. The molecule has 2 aromatic rings. The van der Waals surface area contributed by atoms with Crippen molar-refractivity contribution in [2.24, 2.45) is 0 Å². The molecule has 2 rings (SSSR count). The van der Waals surface area contributed by atoms with Gasteiger partial charge in [-0.25, -0.2) is 0 Å². The highest BCUT2D eigenvalue weighted by atomic mass is 16.1. The van der Waals surface area contributed by atoms with E-state index in [2.05, 4.69) is 10.1 Å². The van der Waals surface area contributed by atoms with Crippen LogP contribution < -0.4 is 0 Å². The van der Waals surface area contributed by atoms with E-state index in [9.17, 15) is 4.79 Å². The van der Waals surface area contributed by atoms with Crippen LogP contribution in [0.3, 0.4) is 0 Å². The van der Waals surface area contributed by atoms with Gasteiger partial charge in [0.2, 0.25) is 0 Å². The molecule has 0 saturated carbocycles. The molecule has 16 heavy (non-hydrogen) atoms. The first kappa shape index (κ1) is 10.5. The lowest BCUT2D eigenvalue weighted by molar-refractivity contribution is -0.108. The van der Waals surface area contributed by atoms with E-state index in [0.717, 1.165) is 29.8 Å². The maximum absolute atomic E-state index is 10.5. The van der Waals surface area contributed by atoms with Gasteiger partial charge in [0.05, 0.1) is 12.2 Å². The normalized spacial score (nSPS) is 10.3. The first-order chi connectivity index (χ1) is 7.85. The molecule has 0 atom stereocenters. The molecule has 82 valence electrons. The highest BCUT2D eigenvalue weighted by Crippen LogP contribution is 2.16. The Labute approximate surface area is 93.9 Å². The van der Waals surface area contributed by atoms with Gasteiger partial charge in [-0.1, -0.05) is 13.0 Å². The zero-order valence-corrected chi connectivity index (χ0v) is 9.13. The van der Waals surface area contributed by atoms with Crippen molar-refractivity contribution in [2.45, 2.75) is 19.9 Å². The van der Waals surface area contributed by atoms with E-state index in [1.807, 2.05) is 31.2 Å². The van der Waals surface area contributed by atoms with Crippen LogP contribution in [0.5, 0.6) is 0 Å². The van der Waals surface area contributed by atoms with Gasteiger partial charge in [-0.05, 0) is 24.6 Å². The second-order valence-corrected chi connectivity index (χ2v) is 3.44. The second kappa shape index (κ2) is 4.70. The molecule has 0 aliphatic carbocycles. The van der Waals surface area contributed by atoms with E-state index >= 15 is 0 Å². The average Bonchev–Trinajstić information content (AvgIpc) is 2.74. The molecule has 0 aromatic carbocycles. The number of aryl methyl sites for hydroxylation is 1. The second-order valence-electron chi connectivity index (χ2n) is 3.44. The van der Waals surface area contributed by atoms with Gasteiger partial charge in [-0.2, -0.15) is 5.10 Å². The van der Waals surface area contributed by atoms with Gasteiger partial charge in [0, 0.05) is 11.9 Å². The van der Waals surface area contributed by atoms with Gasteiger partial charge < -0.3 is 4.79 Å². The van der Waals surface area contributed by atoms with Crippen molar-refractivity contribution in [3.63, 3.8) is 0 Å². The number of aromatic nitrogens is 3. The standard InChI is InChI=1S/C12H13N3O/c1-2-10-9-12(14-15(10)7-8-16)11-5-3-4-6-13-11/h3-6,8-9H,2,7H2,1H3. The highest BCUT2D eigenvalue weighted by Gasteiger charge is 2.08. The van der Waals surface area contributed by atoms with Crippen LogP contribution in [0, 0.1) is 0 Å². The quantitative estimate of drug-likeness (QED) is 0.729. The number of hydrogen-bond donors (Lipinski definition) is 0. The van der Waals surface area contributed by atoms with Crippen LogP contribution in [-0.2, 0) is 17.8 Å². The lowest BCUT2D eigenvalue weighted by atomic mass is 10.2. The van der Waals surface area contributed by atoms with E-state index < -0.39 is 0 Å². The molecule has 4 nitrogen and oxygen atoms in total. The number of hydrogen-bond acceptors (Lipinski definition) is 3. The first-order valence-corrected chi connectivity index (χ1v) is 5.27. The molecule has 0 bridgehead atoms. The van der Waals surface area contributed by atoms with Gasteiger partial charge in [0.25, 0.3) is 0 Å². The summed E-state index contributed by atoms with van der Waals surface area (Å²) in [7, 11) is 0. The van der Waals surface area contributed by atoms with Crippen LogP contribution in [0.15, 0.2) is 30.5 Å². The van der Waals surface area contributed by atoms with Crippen LogP contribution in [-0.4, -0.2) is 21.1 Å². The summed E-state index contributed by atoms with van der Waals surface area (Å²) in [6.45, 7) is 2.34. The topological polar surface area (TPSA) is 47.8 Å². The summed E-state index contributed by atoms with van der Waals surface area (Å²) in [6, 6.07) is 7.68. The highest BCUT2D eigenvalue weighted by molar-refractivity contribution is 5.55. The molecule has 2 aromatic heterocycles. The van der Waals surface area contributed by atoms with Crippen molar-refractivity contribution in [3.8, 4) is 11.4 Å². The smallest absolute Gasteiger partial charge is 0.141 e. The Morgan fingerprint density at radius 3 is 2.88 bits per heavy atom. The molecule has 0 unspecified atom stereocenters. The molecule has 0 saturated heterocycles. The number of pyridine rings is 1. The van der Waals surface area contributed by atoms with Gasteiger partial charge >= 0.3 is 0 Å². The molecule has 0 aliphatic heterocycles. The first-order valence-electron chi connectivity index (χ1n) is 5.27. The molecule has 0 fully saturated rings. The third kappa shape index (κ3) is 2.00. The lowest BCUT2D eigenvalue weighted by Gasteiger charge is -1.98. The van der Waals surface area contributed by atoms with Crippen LogP contribution in [0.2, 0.25) is 0 Å². The summed E-state index contributed by atoms with van der Waals surface area (Å²) >= 11 is 0. The Bertz CT molecular complexity index is 476. The minimum atomic E-state index is 0.302. The molecule has 4 heteroatoms. The molecule has 0 amide bonds. The largest absolute Gasteiger partial charge is 0.301 e. The predicted molar refractivity (Wildman–Crippen MR) is 60.9 cm³/mol. The number of aldehydes is 1. The van der Waals surface area contributed by atoms with Gasteiger partial charge in [0.15, 0.2) is 0 Å². The number of carbonyl (C=O) groups is 1.